The first-order valence-corrected chi connectivity index (χ1v) is 9.83. The third-order valence-corrected chi connectivity index (χ3v) is 4.59. The number of hydrogen-bond donors (Lipinski definition) is 1. The number of unbranched alkanes of at least 4 members (excludes halogenated alkanes) is 14. The predicted molar refractivity (Wildman–Crippen MR) is 96.6 cm³/mol. The highest BCUT2D eigenvalue weighted by molar-refractivity contribution is 5.86. The lowest BCUT2D eigenvalue weighted by atomic mass is 9.98. The summed E-state index contributed by atoms with van der Waals surface area (Å²) in [6.07, 6.45) is 20.1. The molecule has 0 saturated carbocycles. The zero-order chi connectivity index (χ0) is 17.2. The van der Waals surface area contributed by atoms with Crippen LogP contribution in [0.3, 0.4) is 0 Å². The van der Waals surface area contributed by atoms with E-state index in [-0.39, 0.29) is 6.42 Å². The Morgan fingerprint density at radius 2 is 0.913 bits per heavy atom. The molecule has 0 aliphatic carbocycles. The van der Waals surface area contributed by atoms with Gasteiger partial charge in [-0.1, -0.05) is 96.8 Å². The van der Waals surface area contributed by atoms with Crippen LogP contribution in [0.2, 0.25) is 0 Å². The van der Waals surface area contributed by atoms with E-state index in [0.29, 0.717) is 12.6 Å². The van der Waals surface area contributed by atoms with Crippen LogP contribution in [0.15, 0.2) is 0 Å². The molecule has 23 heavy (non-hydrogen) atoms. The van der Waals surface area contributed by atoms with E-state index in [9.17, 15) is 14.7 Å². The summed E-state index contributed by atoms with van der Waals surface area (Å²) in [6.45, 7) is 2.26. The molecule has 0 spiro atoms. The molecule has 0 aliphatic rings. The molecule has 0 heterocycles. The molecule has 0 bridgehead atoms. The number of carbonyl (C=O) groups excluding carboxylic acids is 2. The fourth-order valence-corrected chi connectivity index (χ4v) is 2.93. The van der Waals surface area contributed by atoms with Crippen LogP contribution >= 0.6 is 0 Å². The van der Waals surface area contributed by atoms with Crippen LogP contribution in [-0.4, -0.2) is 23.3 Å². The van der Waals surface area contributed by atoms with E-state index in [4.69, 9.17) is 0 Å². The summed E-state index contributed by atoms with van der Waals surface area (Å²) in [6, 6.07) is 0. The second-order valence-electron chi connectivity index (χ2n) is 6.93. The van der Waals surface area contributed by atoms with Gasteiger partial charge in [-0.2, -0.15) is 0 Å². The van der Waals surface area contributed by atoms with E-state index < -0.39 is 5.60 Å². The summed E-state index contributed by atoms with van der Waals surface area (Å²) in [5, 5.41) is 9.50. The van der Waals surface area contributed by atoms with E-state index in [2.05, 4.69) is 6.92 Å². The van der Waals surface area contributed by atoms with E-state index in [1.807, 2.05) is 0 Å². The van der Waals surface area contributed by atoms with Crippen LogP contribution < -0.4 is 0 Å². The third kappa shape index (κ3) is 14.6. The van der Waals surface area contributed by atoms with Crippen molar-refractivity contribution in [2.45, 2.75) is 115 Å². The molecule has 136 valence electrons. The van der Waals surface area contributed by atoms with Gasteiger partial charge in [-0.05, 0) is 12.8 Å². The zero-order valence-corrected chi connectivity index (χ0v) is 15.2. The Hall–Kier alpha value is -0.700. The fourth-order valence-electron chi connectivity index (χ4n) is 2.93. The Labute approximate surface area is 143 Å². The second kappa shape index (κ2) is 16.2. The molecule has 3 heteroatoms. The highest BCUT2D eigenvalue weighted by atomic mass is 16.3. The highest BCUT2D eigenvalue weighted by Crippen LogP contribution is 2.15. The van der Waals surface area contributed by atoms with Crippen molar-refractivity contribution in [1.29, 1.82) is 0 Å². The van der Waals surface area contributed by atoms with E-state index in [1.54, 1.807) is 0 Å². The Kier molecular flexibility index (Phi) is 15.7. The van der Waals surface area contributed by atoms with Crippen LogP contribution in [0.1, 0.15) is 110 Å². The molecule has 3 nitrogen and oxygen atoms in total. The summed E-state index contributed by atoms with van der Waals surface area (Å²) >= 11 is 0. The molecule has 0 aromatic carbocycles. The van der Waals surface area contributed by atoms with Crippen molar-refractivity contribution in [3.05, 3.63) is 0 Å². The van der Waals surface area contributed by atoms with Gasteiger partial charge in [0.2, 0.25) is 0 Å². The molecule has 0 amide bonds. The Morgan fingerprint density at radius 3 is 1.22 bits per heavy atom. The average molecular weight is 327 g/mol. The van der Waals surface area contributed by atoms with Gasteiger partial charge in [0.1, 0.15) is 0 Å². The monoisotopic (exact) mass is 326 g/mol. The van der Waals surface area contributed by atoms with Gasteiger partial charge in [-0.15, -0.1) is 0 Å². The topological polar surface area (TPSA) is 54.4 Å². The van der Waals surface area contributed by atoms with Crippen molar-refractivity contribution < 1.29 is 14.7 Å². The first-order chi connectivity index (χ1) is 11.2. The maximum atomic E-state index is 10.6. The van der Waals surface area contributed by atoms with Gasteiger partial charge in [0.05, 0.1) is 0 Å². The summed E-state index contributed by atoms with van der Waals surface area (Å²) in [5.41, 5.74) is -1.74. The number of rotatable bonds is 18. The standard InChI is InChI=1S/C20H38O3/c1-2-3-4-5-6-7-8-9-10-11-12-13-14-15-16-17-20(23,18-21)19-22/h18-19,23H,2-17H2,1H3. The van der Waals surface area contributed by atoms with E-state index in [0.717, 1.165) is 19.3 Å². The smallest absolute Gasteiger partial charge is 0.174 e. The first kappa shape index (κ1) is 22.3. The van der Waals surface area contributed by atoms with Crippen molar-refractivity contribution in [2.75, 3.05) is 0 Å². The first-order valence-electron chi connectivity index (χ1n) is 9.83. The largest absolute Gasteiger partial charge is 0.375 e. The van der Waals surface area contributed by atoms with Gasteiger partial charge >= 0.3 is 0 Å². The van der Waals surface area contributed by atoms with Crippen LogP contribution in [0.5, 0.6) is 0 Å². The van der Waals surface area contributed by atoms with Crippen LogP contribution in [0, 0.1) is 0 Å². The summed E-state index contributed by atoms with van der Waals surface area (Å²) in [5.74, 6) is 0. The van der Waals surface area contributed by atoms with Gasteiger partial charge < -0.3 is 5.11 Å². The Morgan fingerprint density at radius 1 is 0.609 bits per heavy atom. The van der Waals surface area contributed by atoms with Gasteiger partial charge in [-0.25, -0.2) is 0 Å². The second-order valence-corrected chi connectivity index (χ2v) is 6.93. The van der Waals surface area contributed by atoms with Crippen molar-refractivity contribution in [3.8, 4) is 0 Å². The number of aliphatic hydroxyl groups is 1. The van der Waals surface area contributed by atoms with Gasteiger partial charge in [0.25, 0.3) is 0 Å². The zero-order valence-electron chi connectivity index (χ0n) is 15.2. The minimum atomic E-state index is -1.74. The molecule has 0 saturated heterocycles. The SMILES string of the molecule is CCCCCCCCCCCCCCCCCC(O)(C=O)C=O. The molecule has 0 aromatic rings. The molecule has 0 unspecified atom stereocenters. The van der Waals surface area contributed by atoms with Crippen LogP contribution in [-0.2, 0) is 9.59 Å². The molecular weight excluding hydrogens is 288 g/mol. The normalized spacial score (nSPS) is 11.6. The maximum Gasteiger partial charge on any atom is 0.174 e. The summed E-state index contributed by atoms with van der Waals surface area (Å²) in [7, 11) is 0. The van der Waals surface area contributed by atoms with Crippen LogP contribution in [0.4, 0.5) is 0 Å². The van der Waals surface area contributed by atoms with E-state index >= 15 is 0 Å². The lowest BCUT2D eigenvalue weighted by molar-refractivity contribution is -0.135. The van der Waals surface area contributed by atoms with E-state index in [1.165, 1.54) is 77.0 Å². The predicted octanol–water partition coefficient (Wildman–Crippen LogP) is 5.38. The Balaban J connectivity index is 3.16. The molecule has 0 radical (unpaired) electrons. The summed E-state index contributed by atoms with van der Waals surface area (Å²) in [4.78, 5) is 21.1. The van der Waals surface area contributed by atoms with Crippen LogP contribution in [0.25, 0.3) is 0 Å². The quantitative estimate of drug-likeness (QED) is 0.209. The number of carbonyl (C=O) groups is 2. The van der Waals surface area contributed by atoms with Crippen molar-refractivity contribution in [2.24, 2.45) is 0 Å². The van der Waals surface area contributed by atoms with Gasteiger partial charge in [0, 0.05) is 0 Å². The van der Waals surface area contributed by atoms with Gasteiger partial charge in [0.15, 0.2) is 18.2 Å². The van der Waals surface area contributed by atoms with Crippen molar-refractivity contribution >= 4 is 12.6 Å². The lowest BCUT2D eigenvalue weighted by Gasteiger charge is -2.13. The maximum absolute atomic E-state index is 10.6. The minimum absolute atomic E-state index is 0.262. The third-order valence-electron chi connectivity index (χ3n) is 4.59. The minimum Gasteiger partial charge on any atom is -0.375 e. The molecule has 0 aromatic heterocycles. The fraction of sp³-hybridized carbons (Fsp3) is 0.900. The average Bonchev–Trinajstić information content (AvgIpc) is 2.58. The lowest BCUT2D eigenvalue weighted by Crippen LogP contribution is -2.32. The summed E-state index contributed by atoms with van der Waals surface area (Å²) < 4.78 is 0. The molecule has 0 atom stereocenters. The highest BCUT2D eigenvalue weighted by Gasteiger charge is 2.24. The molecule has 1 N–H and O–H groups in total. The van der Waals surface area contributed by atoms with Gasteiger partial charge in [-0.3, -0.25) is 9.59 Å². The molecular formula is C20H38O3. The molecule has 0 rings (SSSR count). The molecule has 0 aliphatic heterocycles. The number of aldehydes is 2. The Bertz CT molecular complexity index is 268. The molecule has 0 fully saturated rings. The number of hydrogen-bond acceptors (Lipinski definition) is 3. The van der Waals surface area contributed by atoms with Crippen molar-refractivity contribution in [1.82, 2.24) is 0 Å². The van der Waals surface area contributed by atoms with Crippen molar-refractivity contribution in [3.63, 3.8) is 0 Å².